The highest BCUT2D eigenvalue weighted by Crippen LogP contribution is 2.37. The number of methoxy groups -OCH3 is 2. The first-order valence-electron chi connectivity index (χ1n) is 11.3. The van der Waals surface area contributed by atoms with Crippen molar-refractivity contribution in [3.8, 4) is 11.5 Å². The third-order valence-electron chi connectivity index (χ3n) is 6.46. The number of rotatable bonds is 7. The quantitative estimate of drug-likeness (QED) is 0.523. The van der Waals surface area contributed by atoms with E-state index in [0.717, 1.165) is 36.1 Å². The average Bonchev–Trinajstić information content (AvgIpc) is 3.32. The van der Waals surface area contributed by atoms with Gasteiger partial charge in [0.15, 0.2) is 6.17 Å². The predicted octanol–water partition coefficient (Wildman–Crippen LogP) is 3.79. The van der Waals surface area contributed by atoms with E-state index in [4.69, 9.17) is 9.47 Å². The molecule has 2 aromatic carbocycles. The normalized spacial score (nSPS) is 25.9. The van der Waals surface area contributed by atoms with Crippen LogP contribution in [0.3, 0.4) is 0 Å². The Labute approximate surface area is 196 Å². The highest BCUT2D eigenvalue weighted by atomic mass is 19.4. The van der Waals surface area contributed by atoms with E-state index in [1.165, 1.54) is 12.1 Å². The second kappa shape index (κ2) is 10.5. The molecule has 0 radical (unpaired) electrons. The van der Waals surface area contributed by atoms with Gasteiger partial charge >= 0.3 is 6.18 Å². The first-order valence-corrected chi connectivity index (χ1v) is 11.3. The molecule has 34 heavy (non-hydrogen) atoms. The molecule has 4 atom stereocenters. The molecule has 2 aliphatic heterocycles. The van der Waals surface area contributed by atoms with Crippen LogP contribution in [0, 0.1) is 0 Å². The van der Waals surface area contributed by atoms with Crippen molar-refractivity contribution in [3.05, 3.63) is 59.2 Å². The van der Waals surface area contributed by atoms with Gasteiger partial charge in [-0.2, -0.15) is 13.2 Å². The van der Waals surface area contributed by atoms with Crippen molar-refractivity contribution in [3.63, 3.8) is 0 Å². The number of halogens is 4. The fraction of sp³-hybridized carbons (Fsp3) is 0.500. The van der Waals surface area contributed by atoms with Gasteiger partial charge < -0.3 is 9.47 Å². The lowest BCUT2D eigenvalue weighted by molar-refractivity contribution is -0.137. The Morgan fingerprint density at radius 3 is 2.32 bits per heavy atom. The maximum atomic E-state index is 15.6. The van der Waals surface area contributed by atoms with Gasteiger partial charge in [0, 0.05) is 31.9 Å². The Hall–Kier alpha value is -2.40. The monoisotopic (exact) mass is 482 g/mol. The summed E-state index contributed by atoms with van der Waals surface area (Å²) in [7, 11) is 3.15. The maximum Gasteiger partial charge on any atom is 0.416 e. The fourth-order valence-corrected chi connectivity index (χ4v) is 4.74. The summed E-state index contributed by atoms with van der Waals surface area (Å²) in [5, 5.41) is 9.54. The van der Waals surface area contributed by atoms with Crippen LogP contribution in [0.4, 0.5) is 17.6 Å². The molecular formula is C24H30F4N4O2. The van der Waals surface area contributed by atoms with E-state index < -0.39 is 30.2 Å². The third-order valence-corrected chi connectivity index (χ3v) is 6.46. The van der Waals surface area contributed by atoms with Gasteiger partial charge in [-0.1, -0.05) is 12.1 Å². The summed E-state index contributed by atoms with van der Waals surface area (Å²) in [5.41, 5.74) is 0.984. The number of nitrogens with zero attached hydrogens (tertiary/aromatic N) is 1. The fourth-order valence-electron chi connectivity index (χ4n) is 4.74. The number of hydrogen-bond donors (Lipinski definition) is 3. The van der Waals surface area contributed by atoms with Gasteiger partial charge in [0.2, 0.25) is 0 Å². The van der Waals surface area contributed by atoms with E-state index in [9.17, 15) is 13.2 Å². The number of hydrogen-bond acceptors (Lipinski definition) is 6. The molecule has 3 N–H and O–H groups in total. The van der Waals surface area contributed by atoms with Crippen LogP contribution in [0.1, 0.15) is 35.6 Å². The van der Waals surface area contributed by atoms with E-state index in [0.29, 0.717) is 31.3 Å². The van der Waals surface area contributed by atoms with Crippen LogP contribution < -0.4 is 25.4 Å². The highest BCUT2D eigenvalue weighted by molar-refractivity contribution is 5.38. The summed E-state index contributed by atoms with van der Waals surface area (Å²) in [4.78, 5) is 2.03. The van der Waals surface area contributed by atoms with Gasteiger partial charge in [0.25, 0.3) is 0 Å². The van der Waals surface area contributed by atoms with Crippen LogP contribution >= 0.6 is 0 Å². The zero-order chi connectivity index (χ0) is 24.3. The van der Waals surface area contributed by atoms with E-state index in [1.54, 1.807) is 20.3 Å². The summed E-state index contributed by atoms with van der Waals surface area (Å²) in [5.74, 6) is 1.31. The summed E-state index contributed by atoms with van der Waals surface area (Å²) in [6, 6.07) is 10.6. The van der Waals surface area contributed by atoms with Crippen LogP contribution in [0.5, 0.6) is 11.5 Å². The summed E-state index contributed by atoms with van der Waals surface area (Å²) >= 11 is 0. The molecule has 0 amide bonds. The second-order valence-corrected chi connectivity index (χ2v) is 8.57. The Morgan fingerprint density at radius 1 is 1.03 bits per heavy atom. The molecule has 0 aromatic heterocycles. The molecule has 2 aromatic rings. The molecule has 10 heteroatoms. The molecule has 0 saturated carbocycles. The van der Waals surface area contributed by atoms with Crippen molar-refractivity contribution in [2.24, 2.45) is 0 Å². The van der Waals surface area contributed by atoms with E-state index in [2.05, 4.69) is 16.0 Å². The Kier molecular flexibility index (Phi) is 7.61. The SMILES string of the molecule is COc1cc(CNC2NCNC(N3CCCC3c3ccc(C(F)(F)F)cc3)C2F)cc(OC)c1. The Balaban J connectivity index is 1.43. The summed E-state index contributed by atoms with van der Waals surface area (Å²) in [6.45, 7) is 1.48. The molecule has 6 nitrogen and oxygen atoms in total. The van der Waals surface area contributed by atoms with Crippen LogP contribution in [-0.2, 0) is 12.7 Å². The average molecular weight is 483 g/mol. The number of nitrogens with one attached hydrogen (secondary N) is 3. The van der Waals surface area contributed by atoms with Gasteiger partial charge in [0.05, 0.1) is 32.1 Å². The lowest BCUT2D eigenvalue weighted by Crippen LogP contribution is -2.68. The van der Waals surface area contributed by atoms with Crippen LogP contribution in [-0.4, -0.2) is 50.8 Å². The van der Waals surface area contributed by atoms with Crippen molar-refractivity contribution < 1.29 is 27.0 Å². The number of benzene rings is 2. The standard InChI is InChI=1S/C24H30F4N4O2/c1-33-18-10-15(11-19(12-18)34-2)13-29-22-21(25)23(31-14-30-22)32-9-3-4-20(32)16-5-7-17(8-6-16)24(26,27)28/h5-8,10-12,20-23,29-31H,3-4,9,13-14H2,1-2H3. The molecule has 2 heterocycles. The summed E-state index contributed by atoms with van der Waals surface area (Å²) < 4.78 is 65.1. The Bertz CT molecular complexity index is 935. The summed E-state index contributed by atoms with van der Waals surface area (Å²) in [6.07, 6.45) is -5.20. The molecule has 0 bridgehead atoms. The third kappa shape index (κ3) is 5.46. The lowest BCUT2D eigenvalue weighted by Gasteiger charge is -2.42. The molecule has 0 spiro atoms. The number of ether oxygens (including phenoxy) is 2. The number of alkyl halides is 4. The maximum absolute atomic E-state index is 15.6. The van der Waals surface area contributed by atoms with Crippen LogP contribution in [0.2, 0.25) is 0 Å². The van der Waals surface area contributed by atoms with Gasteiger partial charge in [-0.3, -0.25) is 20.9 Å². The Morgan fingerprint density at radius 2 is 1.71 bits per heavy atom. The lowest BCUT2D eigenvalue weighted by atomic mass is 10.0. The molecule has 0 aliphatic carbocycles. The first kappa shape index (κ1) is 24.7. The van der Waals surface area contributed by atoms with Gasteiger partial charge in [0.1, 0.15) is 11.5 Å². The van der Waals surface area contributed by atoms with Gasteiger partial charge in [-0.05, 0) is 48.2 Å². The van der Waals surface area contributed by atoms with Crippen LogP contribution in [0.25, 0.3) is 0 Å². The number of likely N-dealkylation sites (tertiary alicyclic amines) is 1. The largest absolute Gasteiger partial charge is 0.497 e. The van der Waals surface area contributed by atoms with E-state index >= 15 is 4.39 Å². The van der Waals surface area contributed by atoms with Crippen molar-refractivity contribution in [1.82, 2.24) is 20.9 Å². The predicted molar refractivity (Wildman–Crippen MR) is 120 cm³/mol. The van der Waals surface area contributed by atoms with E-state index in [-0.39, 0.29) is 6.04 Å². The minimum absolute atomic E-state index is 0.139. The van der Waals surface area contributed by atoms with Gasteiger partial charge in [-0.15, -0.1) is 0 Å². The molecule has 186 valence electrons. The van der Waals surface area contributed by atoms with E-state index in [1.807, 2.05) is 17.0 Å². The zero-order valence-corrected chi connectivity index (χ0v) is 19.2. The second-order valence-electron chi connectivity index (χ2n) is 8.57. The molecule has 2 saturated heterocycles. The van der Waals surface area contributed by atoms with Crippen LogP contribution in [0.15, 0.2) is 42.5 Å². The van der Waals surface area contributed by atoms with Gasteiger partial charge in [-0.25, -0.2) is 4.39 Å². The molecule has 4 rings (SSSR count). The molecular weight excluding hydrogens is 452 g/mol. The molecule has 2 fully saturated rings. The van der Waals surface area contributed by atoms with Crippen molar-refractivity contribution in [2.75, 3.05) is 27.4 Å². The minimum Gasteiger partial charge on any atom is -0.497 e. The topological polar surface area (TPSA) is 57.8 Å². The molecule has 4 unspecified atom stereocenters. The van der Waals surface area contributed by atoms with Crippen molar-refractivity contribution >= 4 is 0 Å². The highest BCUT2D eigenvalue weighted by Gasteiger charge is 2.41. The molecule has 2 aliphatic rings. The van der Waals surface area contributed by atoms with Crippen molar-refractivity contribution in [1.29, 1.82) is 0 Å². The van der Waals surface area contributed by atoms with Crippen molar-refractivity contribution in [2.45, 2.75) is 50.1 Å². The zero-order valence-electron chi connectivity index (χ0n) is 19.2. The minimum atomic E-state index is -4.37. The first-order chi connectivity index (χ1) is 16.3. The smallest absolute Gasteiger partial charge is 0.416 e.